The van der Waals surface area contributed by atoms with Crippen LogP contribution in [0.4, 0.5) is 5.69 Å². The number of nitrogens with two attached hydrogens (primary N) is 1. The van der Waals surface area contributed by atoms with E-state index in [1.54, 1.807) is 0 Å². The first-order valence-corrected chi connectivity index (χ1v) is 6.02. The zero-order valence-electron chi connectivity index (χ0n) is 10.4. The molecule has 1 atom stereocenters. The molecule has 3 N–H and O–H groups in total. The van der Waals surface area contributed by atoms with Gasteiger partial charge in [-0.3, -0.25) is 4.99 Å². The van der Waals surface area contributed by atoms with E-state index in [1.807, 2.05) is 25.1 Å². The SMILES string of the molecule is CCC(Oc1cccc(N)c1C)C1=NCCN1. The number of nitrogens with one attached hydrogen (secondary N) is 1. The van der Waals surface area contributed by atoms with Crippen molar-refractivity contribution < 1.29 is 4.74 Å². The number of ether oxygens (including phenoxy) is 1. The van der Waals surface area contributed by atoms with Crippen LogP contribution in [0.3, 0.4) is 0 Å². The Morgan fingerprint density at radius 2 is 2.35 bits per heavy atom. The molecule has 4 heteroatoms. The average molecular weight is 233 g/mol. The Labute approximate surface area is 102 Å². The zero-order valence-corrected chi connectivity index (χ0v) is 10.4. The Hall–Kier alpha value is -1.71. The van der Waals surface area contributed by atoms with Crippen LogP contribution in [0.5, 0.6) is 5.75 Å². The smallest absolute Gasteiger partial charge is 0.155 e. The molecule has 1 aromatic carbocycles. The van der Waals surface area contributed by atoms with Crippen LogP contribution >= 0.6 is 0 Å². The summed E-state index contributed by atoms with van der Waals surface area (Å²) in [5.74, 6) is 1.79. The minimum atomic E-state index is -0.00185. The first-order chi connectivity index (χ1) is 8.22. The molecule has 17 heavy (non-hydrogen) atoms. The molecular formula is C13H19N3O. The van der Waals surface area contributed by atoms with Crippen LogP contribution in [0, 0.1) is 6.92 Å². The highest BCUT2D eigenvalue weighted by Crippen LogP contribution is 2.24. The van der Waals surface area contributed by atoms with Crippen molar-refractivity contribution in [2.45, 2.75) is 26.4 Å². The lowest BCUT2D eigenvalue weighted by molar-refractivity contribution is 0.258. The van der Waals surface area contributed by atoms with Gasteiger partial charge in [0.15, 0.2) is 6.10 Å². The molecule has 0 fully saturated rings. The molecule has 0 bridgehead atoms. The number of hydrogen-bond acceptors (Lipinski definition) is 4. The quantitative estimate of drug-likeness (QED) is 0.779. The fourth-order valence-electron chi connectivity index (χ4n) is 1.88. The van der Waals surface area contributed by atoms with E-state index < -0.39 is 0 Å². The molecule has 1 aliphatic heterocycles. The predicted octanol–water partition coefficient (Wildman–Crippen LogP) is 1.74. The second kappa shape index (κ2) is 5.08. The highest BCUT2D eigenvalue weighted by Gasteiger charge is 2.19. The van der Waals surface area contributed by atoms with Crippen LogP contribution in [0.1, 0.15) is 18.9 Å². The Bertz CT molecular complexity index is 429. The second-order valence-corrected chi connectivity index (χ2v) is 4.18. The van der Waals surface area contributed by atoms with E-state index in [2.05, 4.69) is 17.2 Å². The van der Waals surface area contributed by atoms with Gasteiger partial charge in [-0.25, -0.2) is 0 Å². The molecule has 0 amide bonds. The van der Waals surface area contributed by atoms with Crippen LogP contribution in [-0.4, -0.2) is 25.0 Å². The topological polar surface area (TPSA) is 59.6 Å². The molecule has 0 saturated heterocycles. The minimum Gasteiger partial charge on any atom is -0.482 e. The van der Waals surface area contributed by atoms with Gasteiger partial charge in [0.1, 0.15) is 11.6 Å². The highest BCUT2D eigenvalue weighted by molar-refractivity contribution is 5.88. The highest BCUT2D eigenvalue weighted by atomic mass is 16.5. The van der Waals surface area contributed by atoms with Gasteiger partial charge in [0, 0.05) is 17.8 Å². The van der Waals surface area contributed by atoms with Gasteiger partial charge in [0.2, 0.25) is 0 Å². The molecule has 1 unspecified atom stereocenters. The van der Waals surface area contributed by atoms with E-state index in [1.165, 1.54) is 0 Å². The molecule has 1 heterocycles. The second-order valence-electron chi connectivity index (χ2n) is 4.18. The van der Waals surface area contributed by atoms with Crippen LogP contribution in [0.15, 0.2) is 23.2 Å². The third-order valence-corrected chi connectivity index (χ3v) is 2.97. The number of nitrogens with zero attached hydrogens (tertiary/aromatic N) is 1. The van der Waals surface area contributed by atoms with Gasteiger partial charge < -0.3 is 15.8 Å². The van der Waals surface area contributed by atoms with Gasteiger partial charge in [-0.1, -0.05) is 13.0 Å². The lowest BCUT2D eigenvalue weighted by atomic mass is 10.1. The molecule has 2 rings (SSSR count). The summed E-state index contributed by atoms with van der Waals surface area (Å²) >= 11 is 0. The third kappa shape index (κ3) is 2.52. The molecule has 1 aromatic rings. The fourth-order valence-corrected chi connectivity index (χ4v) is 1.88. The predicted molar refractivity (Wildman–Crippen MR) is 70.6 cm³/mol. The maximum absolute atomic E-state index is 5.99. The van der Waals surface area contributed by atoms with E-state index in [9.17, 15) is 0 Å². The summed E-state index contributed by atoms with van der Waals surface area (Å²) in [6.45, 7) is 5.81. The molecule has 1 aliphatic rings. The summed E-state index contributed by atoms with van der Waals surface area (Å²) < 4.78 is 5.99. The van der Waals surface area contributed by atoms with E-state index in [0.29, 0.717) is 0 Å². The molecule has 0 aliphatic carbocycles. The van der Waals surface area contributed by atoms with Crippen molar-refractivity contribution in [3.63, 3.8) is 0 Å². The molecule has 0 aromatic heterocycles. The van der Waals surface area contributed by atoms with Gasteiger partial charge in [-0.15, -0.1) is 0 Å². The number of rotatable bonds is 4. The summed E-state index contributed by atoms with van der Waals surface area (Å²) in [4.78, 5) is 4.40. The van der Waals surface area contributed by atoms with Crippen molar-refractivity contribution in [3.8, 4) is 5.75 Å². The zero-order chi connectivity index (χ0) is 12.3. The van der Waals surface area contributed by atoms with Crippen LogP contribution in [-0.2, 0) is 0 Å². The Morgan fingerprint density at radius 3 is 3.00 bits per heavy atom. The molecule has 92 valence electrons. The summed E-state index contributed by atoms with van der Waals surface area (Å²) in [6.07, 6.45) is 0.887. The van der Waals surface area contributed by atoms with Gasteiger partial charge in [-0.2, -0.15) is 0 Å². The lowest BCUT2D eigenvalue weighted by Gasteiger charge is -2.19. The number of nitrogen functional groups attached to an aromatic ring is 1. The summed E-state index contributed by atoms with van der Waals surface area (Å²) in [6, 6.07) is 5.74. The monoisotopic (exact) mass is 233 g/mol. The fraction of sp³-hybridized carbons (Fsp3) is 0.462. The van der Waals surface area contributed by atoms with Crippen molar-refractivity contribution in [3.05, 3.63) is 23.8 Å². The molecule has 4 nitrogen and oxygen atoms in total. The Morgan fingerprint density at radius 1 is 1.53 bits per heavy atom. The Kier molecular flexibility index (Phi) is 3.52. The van der Waals surface area contributed by atoms with E-state index in [0.717, 1.165) is 42.3 Å². The van der Waals surface area contributed by atoms with Gasteiger partial charge >= 0.3 is 0 Å². The van der Waals surface area contributed by atoms with Crippen LogP contribution in [0.25, 0.3) is 0 Å². The van der Waals surface area contributed by atoms with Crippen molar-refractivity contribution >= 4 is 11.5 Å². The van der Waals surface area contributed by atoms with E-state index in [-0.39, 0.29) is 6.10 Å². The normalized spacial score (nSPS) is 16.2. The molecule has 0 saturated carbocycles. The Balaban J connectivity index is 2.15. The van der Waals surface area contributed by atoms with Gasteiger partial charge in [-0.05, 0) is 25.5 Å². The third-order valence-electron chi connectivity index (χ3n) is 2.97. The number of amidine groups is 1. The largest absolute Gasteiger partial charge is 0.482 e. The van der Waals surface area contributed by atoms with Gasteiger partial charge in [0.05, 0.1) is 6.54 Å². The summed E-state index contributed by atoms with van der Waals surface area (Å²) in [5, 5.41) is 3.26. The number of benzene rings is 1. The first kappa shape index (κ1) is 11.8. The van der Waals surface area contributed by atoms with E-state index >= 15 is 0 Å². The average Bonchev–Trinajstić information content (AvgIpc) is 2.85. The van der Waals surface area contributed by atoms with Crippen molar-refractivity contribution in [1.82, 2.24) is 5.32 Å². The number of aliphatic imine (C=N–C) groups is 1. The molecular weight excluding hydrogens is 214 g/mol. The lowest BCUT2D eigenvalue weighted by Crippen LogP contribution is -2.35. The van der Waals surface area contributed by atoms with Crippen molar-refractivity contribution in [2.75, 3.05) is 18.8 Å². The maximum atomic E-state index is 5.99. The molecule has 0 spiro atoms. The number of anilines is 1. The van der Waals surface area contributed by atoms with Crippen LogP contribution < -0.4 is 15.8 Å². The van der Waals surface area contributed by atoms with Crippen molar-refractivity contribution in [1.29, 1.82) is 0 Å². The maximum Gasteiger partial charge on any atom is 0.155 e. The summed E-state index contributed by atoms with van der Waals surface area (Å²) in [5.41, 5.74) is 7.62. The molecule has 0 radical (unpaired) electrons. The number of hydrogen-bond donors (Lipinski definition) is 2. The minimum absolute atomic E-state index is 0.00185. The first-order valence-electron chi connectivity index (χ1n) is 6.02. The van der Waals surface area contributed by atoms with Crippen molar-refractivity contribution in [2.24, 2.45) is 4.99 Å². The summed E-state index contributed by atoms with van der Waals surface area (Å²) in [7, 11) is 0. The standard InChI is InChI=1S/C13H19N3O/c1-3-11(13-15-7-8-16-13)17-12-6-4-5-10(14)9(12)2/h4-6,11H,3,7-8,14H2,1-2H3,(H,15,16). The van der Waals surface area contributed by atoms with Gasteiger partial charge in [0.25, 0.3) is 0 Å². The van der Waals surface area contributed by atoms with Crippen LogP contribution in [0.2, 0.25) is 0 Å². The van der Waals surface area contributed by atoms with E-state index in [4.69, 9.17) is 10.5 Å².